The lowest BCUT2D eigenvalue weighted by molar-refractivity contribution is 0.0828. The number of nitrogen functional groups attached to an aromatic ring is 1. The van der Waals surface area contributed by atoms with E-state index in [0.717, 1.165) is 68.3 Å². The lowest BCUT2D eigenvalue weighted by Crippen LogP contribution is -2.49. The molecule has 0 bridgehead atoms. The normalized spacial score (nSPS) is 20.5. The largest absolute Gasteiger partial charge is 0.383 e. The van der Waals surface area contributed by atoms with Crippen LogP contribution in [0.2, 0.25) is 5.02 Å². The zero-order valence-electron chi connectivity index (χ0n) is 24.5. The first-order valence-corrected chi connectivity index (χ1v) is 15.3. The van der Waals surface area contributed by atoms with E-state index in [1.807, 2.05) is 30.7 Å². The van der Waals surface area contributed by atoms with Gasteiger partial charge in [0.15, 0.2) is 0 Å². The Balaban J connectivity index is 1.13. The molecule has 7 rings (SSSR count). The Kier molecular flexibility index (Phi) is 7.04. The number of hydrogen-bond donors (Lipinski definition) is 2. The Labute approximate surface area is 251 Å². The van der Waals surface area contributed by atoms with Crippen molar-refractivity contribution in [3.05, 3.63) is 59.5 Å². The van der Waals surface area contributed by atoms with Crippen molar-refractivity contribution < 1.29 is 0 Å². The highest BCUT2D eigenvalue weighted by molar-refractivity contribution is 6.35. The lowest BCUT2D eigenvalue weighted by Gasteiger charge is -2.41. The molecule has 1 aliphatic carbocycles. The Bertz CT molecular complexity index is 1740. The maximum absolute atomic E-state index is 6.59. The molecule has 0 radical (unpaired) electrons. The van der Waals surface area contributed by atoms with Gasteiger partial charge in [0.25, 0.3) is 0 Å². The van der Waals surface area contributed by atoms with Gasteiger partial charge in [-0.25, -0.2) is 15.0 Å². The molecule has 10 heteroatoms. The second-order valence-corrected chi connectivity index (χ2v) is 12.3. The summed E-state index contributed by atoms with van der Waals surface area (Å²) in [7, 11) is 4.20. The minimum absolute atomic E-state index is 0.410. The van der Waals surface area contributed by atoms with Crippen LogP contribution in [0.15, 0.2) is 48.9 Å². The fourth-order valence-electron chi connectivity index (χ4n) is 6.83. The molecule has 0 amide bonds. The quantitative estimate of drug-likeness (QED) is 0.262. The van der Waals surface area contributed by atoms with Crippen LogP contribution in [0.4, 0.5) is 17.5 Å². The highest BCUT2D eigenvalue weighted by Crippen LogP contribution is 2.39. The number of halogens is 1. The standard InChI is InChI=1S/C32H38ClN9/c1-20-4-13-26-29(28(20)33)40(3)32(38-26)37-22-7-5-21(6-8-22)25-18-42(31-27(25)30(34)35-19-36-31)24-11-9-23(10-12-24)41-16-14-39(2)15-17-41/h4-8,13,18-19,23-24H,9-12,14-17H2,1-3H3,(H,37,38)(H2,34,35,36)/t23-,24+. The highest BCUT2D eigenvalue weighted by Gasteiger charge is 2.30. The number of aryl methyl sites for hydroxylation is 2. The van der Waals surface area contributed by atoms with Gasteiger partial charge < -0.3 is 25.1 Å². The monoisotopic (exact) mass is 583 g/mol. The molecule has 1 aliphatic heterocycles. The van der Waals surface area contributed by atoms with Gasteiger partial charge in [0.05, 0.1) is 21.4 Å². The van der Waals surface area contributed by atoms with E-state index in [1.54, 1.807) is 6.33 Å². The zero-order chi connectivity index (χ0) is 29.0. The van der Waals surface area contributed by atoms with Crippen molar-refractivity contribution in [2.75, 3.05) is 44.3 Å². The number of anilines is 3. The van der Waals surface area contributed by atoms with Crippen LogP contribution in [-0.4, -0.2) is 73.2 Å². The first-order chi connectivity index (χ1) is 20.4. The minimum atomic E-state index is 0.410. The van der Waals surface area contributed by atoms with Crippen LogP contribution in [0.25, 0.3) is 33.2 Å². The van der Waals surface area contributed by atoms with E-state index in [9.17, 15) is 0 Å². The molecule has 1 saturated carbocycles. The van der Waals surface area contributed by atoms with Crippen molar-refractivity contribution in [2.45, 2.75) is 44.7 Å². The number of nitrogens with zero attached hydrogens (tertiary/aromatic N) is 7. The van der Waals surface area contributed by atoms with Gasteiger partial charge in [0.1, 0.15) is 17.8 Å². The van der Waals surface area contributed by atoms with Crippen LogP contribution in [0.5, 0.6) is 0 Å². The summed E-state index contributed by atoms with van der Waals surface area (Å²) in [6.07, 6.45) is 8.57. The van der Waals surface area contributed by atoms with Crippen molar-refractivity contribution in [2.24, 2.45) is 7.05 Å². The molecule has 5 aromatic rings. The number of hydrogen-bond acceptors (Lipinski definition) is 7. The molecule has 9 nitrogen and oxygen atoms in total. The maximum Gasteiger partial charge on any atom is 0.208 e. The van der Waals surface area contributed by atoms with Crippen molar-refractivity contribution in [3.8, 4) is 11.1 Å². The fourth-order valence-corrected chi connectivity index (χ4v) is 7.11. The van der Waals surface area contributed by atoms with Crippen molar-refractivity contribution in [1.29, 1.82) is 0 Å². The van der Waals surface area contributed by atoms with Gasteiger partial charge >= 0.3 is 0 Å². The SMILES string of the molecule is Cc1ccc2nc(Nc3ccc(-c4cn([C@H]5CC[C@@H](N6CCN(C)CC6)CC5)c5ncnc(N)c45)cc3)n(C)c2c1Cl. The molecule has 0 atom stereocenters. The molecule has 0 unspecified atom stereocenters. The number of nitrogens with two attached hydrogens (primary N) is 1. The third-order valence-corrected chi connectivity index (χ3v) is 9.85. The number of imidazole rings is 1. The van der Waals surface area contributed by atoms with Crippen molar-refractivity contribution in [1.82, 2.24) is 33.9 Å². The number of likely N-dealkylation sites (N-methyl/N-ethyl adjacent to an activating group) is 1. The molecular weight excluding hydrogens is 546 g/mol. The molecule has 42 heavy (non-hydrogen) atoms. The molecule has 2 aliphatic rings. The first-order valence-electron chi connectivity index (χ1n) is 14.9. The van der Waals surface area contributed by atoms with E-state index < -0.39 is 0 Å². The van der Waals surface area contributed by atoms with Gasteiger partial charge in [0.2, 0.25) is 5.95 Å². The highest BCUT2D eigenvalue weighted by atomic mass is 35.5. The molecule has 2 aromatic carbocycles. The summed E-state index contributed by atoms with van der Waals surface area (Å²) in [5.74, 6) is 1.26. The predicted molar refractivity (Wildman–Crippen MR) is 171 cm³/mol. The number of fused-ring (bicyclic) bond motifs is 2. The average Bonchev–Trinajstić information content (AvgIpc) is 3.55. The fraction of sp³-hybridized carbons (Fsp3) is 0.406. The number of nitrogens with one attached hydrogen (secondary N) is 1. The Hall–Kier alpha value is -3.66. The summed E-state index contributed by atoms with van der Waals surface area (Å²) < 4.78 is 4.36. The van der Waals surface area contributed by atoms with Gasteiger partial charge in [-0.05, 0) is 69.0 Å². The first kappa shape index (κ1) is 27.2. The molecule has 3 aromatic heterocycles. The van der Waals surface area contributed by atoms with Gasteiger partial charge in [-0.15, -0.1) is 0 Å². The molecule has 1 saturated heterocycles. The van der Waals surface area contributed by atoms with Crippen LogP contribution in [0.1, 0.15) is 37.3 Å². The molecular formula is C32H38ClN9. The molecule has 3 N–H and O–H groups in total. The number of benzene rings is 2. The van der Waals surface area contributed by atoms with Crippen LogP contribution >= 0.6 is 11.6 Å². The van der Waals surface area contributed by atoms with Crippen LogP contribution in [0.3, 0.4) is 0 Å². The number of piperazine rings is 1. The van der Waals surface area contributed by atoms with Crippen LogP contribution < -0.4 is 11.1 Å². The van der Waals surface area contributed by atoms with Crippen molar-refractivity contribution >= 4 is 51.1 Å². The van der Waals surface area contributed by atoms with Gasteiger partial charge in [-0.1, -0.05) is 29.8 Å². The summed E-state index contributed by atoms with van der Waals surface area (Å²) in [5.41, 5.74) is 13.3. The summed E-state index contributed by atoms with van der Waals surface area (Å²) in [4.78, 5) is 19.0. The molecule has 218 valence electrons. The second-order valence-electron chi connectivity index (χ2n) is 12.0. The van der Waals surface area contributed by atoms with E-state index >= 15 is 0 Å². The van der Waals surface area contributed by atoms with Gasteiger partial charge in [-0.2, -0.15) is 0 Å². The molecule has 4 heterocycles. The summed E-state index contributed by atoms with van der Waals surface area (Å²) >= 11 is 6.59. The second kappa shape index (κ2) is 10.9. The Morgan fingerprint density at radius 3 is 2.36 bits per heavy atom. The van der Waals surface area contributed by atoms with Gasteiger partial charge in [-0.3, -0.25) is 4.90 Å². The van der Waals surface area contributed by atoms with Crippen LogP contribution in [-0.2, 0) is 7.05 Å². The number of rotatable bonds is 5. The third-order valence-electron chi connectivity index (χ3n) is 9.37. The summed E-state index contributed by atoms with van der Waals surface area (Å²) in [6, 6.07) is 13.5. The van der Waals surface area contributed by atoms with E-state index in [1.165, 1.54) is 39.0 Å². The zero-order valence-corrected chi connectivity index (χ0v) is 25.3. The van der Waals surface area contributed by atoms with Crippen LogP contribution in [0, 0.1) is 6.92 Å². The van der Waals surface area contributed by atoms with E-state index in [4.69, 9.17) is 27.3 Å². The topological polar surface area (TPSA) is 93.1 Å². The van der Waals surface area contributed by atoms with E-state index in [2.05, 4.69) is 62.2 Å². The smallest absolute Gasteiger partial charge is 0.208 e. The minimum Gasteiger partial charge on any atom is -0.383 e. The van der Waals surface area contributed by atoms with Gasteiger partial charge in [0, 0.05) is 62.8 Å². The average molecular weight is 584 g/mol. The Morgan fingerprint density at radius 1 is 0.905 bits per heavy atom. The Morgan fingerprint density at radius 2 is 1.62 bits per heavy atom. The predicted octanol–water partition coefficient (Wildman–Crippen LogP) is 6.00. The maximum atomic E-state index is 6.59. The van der Waals surface area contributed by atoms with Crippen molar-refractivity contribution in [3.63, 3.8) is 0 Å². The number of aromatic nitrogens is 5. The molecule has 2 fully saturated rings. The lowest BCUT2D eigenvalue weighted by atomic mass is 9.89. The third kappa shape index (κ3) is 4.79. The van der Waals surface area contributed by atoms with E-state index in [-0.39, 0.29) is 0 Å². The van der Waals surface area contributed by atoms with E-state index in [0.29, 0.717) is 17.9 Å². The summed E-state index contributed by atoms with van der Waals surface area (Å²) in [6.45, 7) is 6.71. The molecule has 0 spiro atoms. The summed E-state index contributed by atoms with van der Waals surface area (Å²) in [5, 5.41) is 5.12.